The van der Waals surface area contributed by atoms with E-state index in [1.54, 1.807) is 0 Å². The SMILES string of the molecule is CCc1nc(NC)c(C)c(Nc2ccc(Br)cc2CC)n1. The second-order valence-corrected chi connectivity index (χ2v) is 5.76. The van der Waals surface area contributed by atoms with E-state index in [1.807, 2.05) is 20.0 Å². The van der Waals surface area contributed by atoms with Crippen LogP contribution in [-0.2, 0) is 12.8 Å². The number of nitrogens with zero attached hydrogens (tertiary/aromatic N) is 2. The highest BCUT2D eigenvalue weighted by Gasteiger charge is 2.11. The second kappa shape index (κ2) is 6.89. The standard InChI is InChI=1S/C16H21BrN4/c1-5-11-9-12(17)7-8-13(11)19-16-10(3)15(18-4)20-14(6-2)21-16/h7-9H,5-6H2,1-4H3,(H2,18,19,20,21). The molecule has 4 nitrogen and oxygen atoms in total. The number of halogens is 1. The van der Waals surface area contributed by atoms with Crippen molar-refractivity contribution in [3.8, 4) is 0 Å². The molecule has 0 aliphatic rings. The average Bonchev–Trinajstić information content (AvgIpc) is 2.50. The fourth-order valence-electron chi connectivity index (χ4n) is 2.19. The van der Waals surface area contributed by atoms with E-state index in [0.29, 0.717) is 0 Å². The minimum atomic E-state index is 0.810. The van der Waals surface area contributed by atoms with Crippen LogP contribution in [0.1, 0.15) is 30.8 Å². The molecule has 1 heterocycles. The van der Waals surface area contributed by atoms with Gasteiger partial charge in [0.15, 0.2) is 0 Å². The van der Waals surface area contributed by atoms with E-state index in [4.69, 9.17) is 0 Å². The quantitative estimate of drug-likeness (QED) is 0.837. The summed E-state index contributed by atoms with van der Waals surface area (Å²) in [4.78, 5) is 9.12. The zero-order valence-corrected chi connectivity index (χ0v) is 14.5. The number of rotatable bonds is 5. The zero-order chi connectivity index (χ0) is 15.4. The molecule has 0 bridgehead atoms. The number of benzene rings is 1. The van der Waals surface area contributed by atoms with E-state index in [0.717, 1.165) is 46.0 Å². The summed E-state index contributed by atoms with van der Waals surface area (Å²) in [6.07, 6.45) is 1.77. The van der Waals surface area contributed by atoms with Crippen molar-refractivity contribution in [2.45, 2.75) is 33.6 Å². The van der Waals surface area contributed by atoms with Crippen LogP contribution in [0, 0.1) is 6.92 Å². The molecular formula is C16H21BrN4. The maximum atomic E-state index is 4.62. The largest absolute Gasteiger partial charge is 0.373 e. The fraction of sp³-hybridized carbons (Fsp3) is 0.375. The number of nitrogens with one attached hydrogen (secondary N) is 2. The third-order valence-electron chi connectivity index (χ3n) is 3.45. The maximum absolute atomic E-state index is 4.62. The van der Waals surface area contributed by atoms with E-state index in [2.05, 4.69) is 62.5 Å². The highest BCUT2D eigenvalue weighted by molar-refractivity contribution is 9.10. The third-order valence-corrected chi connectivity index (χ3v) is 3.94. The summed E-state index contributed by atoms with van der Waals surface area (Å²) >= 11 is 3.52. The summed E-state index contributed by atoms with van der Waals surface area (Å²) in [5, 5.41) is 6.59. The predicted molar refractivity (Wildman–Crippen MR) is 92.5 cm³/mol. The van der Waals surface area contributed by atoms with Crippen molar-refractivity contribution >= 4 is 33.3 Å². The van der Waals surface area contributed by atoms with Crippen molar-refractivity contribution in [2.24, 2.45) is 0 Å². The second-order valence-electron chi connectivity index (χ2n) is 4.85. The van der Waals surface area contributed by atoms with Crippen LogP contribution >= 0.6 is 15.9 Å². The molecule has 112 valence electrons. The van der Waals surface area contributed by atoms with Crippen molar-refractivity contribution in [1.29, 1.82) is 0 Å². The van der Waals surface area contributed by atoms with Crippen molar-refractivity contribution < 1.29 is 0 Å². The molecule has 0 unspecified atom stereocenters. The van der Waals surface area contributed by atoms with Gasteiger partial charge >= 0.3 is 0 Å². The van der Waals surface area contributed by atoms with E-state index in [-0.39, 0.29) is 0 Å². The van der Waals surface area contributed by atoms with Gasteiger partial charge in [-0.2, -0.15) is 0 Å². The van der Waals surface area contributed by atoms with Gasteiger partial charge in [-0.15, -0.1) is 0 Å². The lowest BCUT2D eigenvalue weighted by Crippen LogP contribution is -2.07. The van der Waals surface area contributed by atoms with Gasteiger partial charge in [0.25, 0.3) is 0 Å². The molecule has 0 amide bonds. The van der Waals surface area contributed by atoms with Gasteiger partial charge in [-0.3, -0.25) is 0 Å². The van der Waals surface area contributed by atoms with E-state index in [1.165, 1.54) is 5.56 Å². The molecular weight excluding hydrogens is 328 g/mol. The van der Waals surface area contributed by atoms with E-state index < -0.39 is 0 Å². The van der Waals surface area contributed by atoms with Crippen LogP contribution in [0.15, 0.2) is 22.7 Å². The zero-order valence-electron chi connectivity index (χ0n) is 12.9. The Balaban J connectivity index is 2.43. The molecule has 0 radical (unpaired) electrons. The van der Waals surface area contributed by atoms with Crippen LogP contribution in [0.5, 0.6) is 0 Å². The maximum Gasteiger partial charge on any atom is 0.139 e. The molecule has 0 atom stereocenters. The number of aromatic nitrogens is 2. The number of hydrogen-bond donors (Lipinski definition) is 2. The molecule has 1 aromatic carbocycles. The van der Waals surface area contributed by atoms with Crippen LogP contribution in [0.25, 0.3) is 0 Å². The molecule has 0 saturated carbocycles. The molecule has 0 spiro atoms. The number of anilines is 3. The first-order valence-corrected chi connectivity index (χ1v) is 7.99. The van der Waals surface area contributed by atoms with Crippen molar-refractivity contribution in [3.63, 3.8) is 0 Å². The smallest absolute Gasteiger partial charge is 0.139 e. The molecule has 0 saturated heterocycles. The molecule has 2 aromatic rings. The normalized spacial score (nSPS) is 10.5. The molecule has 1 aromatic heterocycles. The minimum Gasteiger partial charge on any atom is -0.373 e. The van der Waals surface area contributed by atoms with Crippen LogP contribution < -0.4 is 10.6 Å². The Bertz CT molecular complexity index is 640. The Morgan fingerprint density at radius 2 is 1.81 bits per heavy atom. The summed E-state index contributed by atoms with van der Waals surface area (Å²) in [5.41, 5.74) is 3.37. The Hall–Kier alpha value is -1.62. The average molecular weight is 349 g/mol. The lowest BCUT2D eigenvalue weighted by Gasteiger charge is -2.15. The monoisotopic (exact) mass is 348 g/mol. The Kier molecular flexibility index (Phi) is 5.17. The fourth-order valence-corrected chi connectivity index (χ4v) is 2.60. The molecule has 2 rings (SSSR count). The van der Waals surface area contributed by atoms with Gasteiger partial charge < -0.3 is 10.6 Å². The third kappa shape index (κ3) is 3.53. The van der Waals surface area contributed by atoms with Gasteiger partial charge in [-0.1, -0.05) is 29.8 Å². The van der Waals surface area contributed by atoms with Gasteiger partial charge in [0.05, 0.1) is 0 Å². The Morgan fingerprint density at radius 1 is 1.10 bits per heavy atom. The van der Waals surface area contributed by atoms with Gasteiger partial charge in [0.2, 0.25) is 0 Å². The molecule has 0 aliphatic heterocycles. The summed E-state index contributed by atoms with van der Waals surface area (Å²) in [6, 6.07) is 6.26. The predicted octanol–water partition coefficient (Wildman–Crippen LogP) is 4.46. The number of hydrogen-bond acceptors (Lipinski definition) is 4. The summed E-state index contributed by atoms with van der Waals surface area (Å²) in [7, 11) is 1.88. The van der Waals surface area contributed by atoms with Crippen molar-refractivity contribution in [3.05, 3.63) is 39.6 Å². The summed E-state index contributed by atoms with van der Waals surface area (Å²) in [5.74, 6) is 2.57. The summed E-state index contributed by atoms with van der Waals surface area (Å²) < 4.78 is 1.09. The van der Waals surface area contributed by atoms with E-state index >= 15 is 0 Å². The van der Waals surface area contributed by atoms with Crippen LogP contribution in [0.3, 0.4) is 0 Å². The van der Waals surface area contributed by atoms with Gasteiger partial charge in [0, 0.05) is 29.2 Å². The Labute approximate surface area is 134 Å². The van der Waals surface area contributed by atoms with Gasteiger partial charge in [-0.25, -0.2) is 9.97 Å². The topological polar surface area (TPSA) is 49.8 Å². The first-order chi connectivity index (χ1) is 10.1. The van der Waals surface area contributed by atoms with E-state index in [9.17, 15) is 0 Å². The Morgan fingerprint density at radius 3 is 2.43 bits per heavy atom. The molecule has 2 N–H and O–H groups in total. The van der Waals surface area contributed by atoms with Crippen molar-refractivity contribution in [1.82, 2.24) is 9.97 Å². The molecule has 5 heteroatoms. The van der Waals surface area contributed by atoms with Crippen molar-refractivity contribution in [2.75, 3.05) is 17.7 Å². The molecule has 0 fully saturated rings. The van der Waals surface area contributed by atoms with Crippen LogP contribution in [-0.4, -0.2) is 17.0 Å². The minimum absolute atomic E-state index is 0.810. The van der Waals surface area contributed by atoms with Crippen LogP contribution in [0.4, 0.5) is 17.3 Å². The van der Waals surface area contributed by atoms with Gasteiger partial charge in [0.1, 0.15) is 17.5 Å². The first kappa shape index (κ1) is 15.8. The lowest BCUT2D eigenvalue weighted by molar-refractivity contribution is 0.935. The van der Waals surface area contributed by atoms with Crippen LogP contribution in [0.2, 0.25) is 0 Å². The molecule has 21 heavy (non-hydrogen) atoms. The highest BCUT2D eigenvalue weighted by Crippen LogP contribution is 2.27. The first-order valence-electron chi connectivity index (χ1n) is 7.19. The lowest BCUT2D eigenvalue weighted by atomic mass is 10.1. The summed E-state index contributed by atoms with van der Waals surface area (Å²) in [6.45, 7) is 6.24. The van der Waals surface area contributed by atoms with Gasteiger partial charge in [-0.05, 0) is 37.1 Å². The number of aryl methyl sites for hydroxylation is 2. The molecule has 0 aliphatic carbocycles. The highest BCUT2D eigenvalue weighted by atomic mass is 79.9.